The second kappa shape index (κ2) is 8.65. The molecule has 32 heavy (non-hydrogen) atoms. The van der Waals surface area contributed by atoms with Crippen LogP contribution in [0.15, 0.2) is 48.5 Å². The molecule has 168 valence electrons. The first-order valence-corrected chi connectivity index (χ1v) is 10.8. The monoisotopic (exact) mass is 436 g/mol. The smallest absolute Gasteiger partial charge is 0.240 e. The van der Waals surface area contributed by atoms with Gasteiger partial charge in [0.2, 0.25) is 17.7 Å². The molecule has 7 heteroatoms. The van der Waals surface area contributed by atoms with Crippen molar-refractivity contribution in [2.45, 2.75) is 37.1 Å². The fourth-order valence-corrected chi connectivity index (χ4v) is 4.95. The number of carbonyl (C=O) groups excluding carboxylic acids is 3. The van der Waals surface area contributed by atoms with Crippen LogP contribution in [-0.4, -0.2) is 55.3 Å². The summed E-state index contributed by atoms with van der Waals surface area (Å²) < 4.78 is 10.8. The Labute approximate surface area is 187 Å². The summed E-state index contributed by atoms with van der Waals surface area (Å²) in [6.45, 7) is 0.609. The second-order valence-electron chi connectivity index (χ2n) is 8.41. The number of para-hydroxylation sites is 1. The van der Waals surface area contributed by atoms with Crippen LogP contribution in [0.5, 0.6) is 11.5 Å². The Hall–Kier alpha value is -3.35. The van der Waals surface area contributed by atoms with Gasteiger partial charge in [-0.15, -0.1) is 0 Å². The van der Waals surface area contributed by atoms with E-state index in [0.717, 1.165) is 29.1 Å². The highest BCUT2D eigenvalue weighted by atomic mass is 16.5. The number of imide groups is 1. The third-order valence-electron chi connectivity index (χ3n) is 6.71. The Kier molecular flexibility index (Phi) is 5.91. The van der Waals surface area contributed by atoms with E-state index in [2.05, 4.69) is 0 Å². The Balaban J connectivity index is 1.67. The van der Waals surface area contributed by atoms with E-state index in [1.807, 2.05) is 29.2 Å². The highest BCUT2D eigenvalue weighted by molar-refractivity contribution is 6.10. The zero-order valence-corrected chi connectivity index (χ0v) is 18.7. The first-order chi connectivity index (χ1) is 15.4. The van der Waals surface area contributed by atoms with Gasteiger partial charge in [-0.1, -0.05) is 30.3 Å². The van der Waals surface area contributed by atoms with Gasteiger partial charge in [0.1, 0.15) is 11.5 Å². The predicted molar refractivity (Wildman–Crippen MR) is 118 cm³/mol. The number of likely N-dealkylation sites (N-methyl/N-ethyl adjacent to an activating group) is 1. The minimum absolute atomic E-state index is 0.0203. The molecule has 7 nitrogen and oxygen atoms in total. The third-order valence-corrected chi connectivity index (χ3v) is 6.71. The molecule has 2 aliphatic heterocycles. The SMILES string of the molecule is COc1ccc(C2(CC(=O)N3CCCC3c3ccccc3OC)CC(=O)N(C)C2=O)cc1. The molecule has 3 amide bonds. The Morgan fingerprint density at radius 1 is 1.06 bits per heavy atom. The number of likely N-dealkylation sites (tertiary alicyclic amines) is 2. The second-order valence-corrected chi connectivity index (χ2v) is 8.41. The number of rotatable bonds is 6. The lowest BCUT2D eigenvalue weighted by atomic mass is 9.75. The van der Waals surface area contributed by atoms with Crippen LogP contribution in [0.1, 0.15) is 42.9 Å². The summed E-state index contributed by atoms with van der Waals surface area (Å²) in [5.41, 5.74) is 0.413. The van der Waals surface area contributed by atoms with Crippen molar-refractivity contribution in [2.24, 2.45) is 0 Å². The van der Waals surface area contributed by atoms with Crippen molar-refractivity contribution in [3.8, 4) is 11.5 Å². The van der Waals surface area contributed by atoms with E-state index >= 15 is 0 Å². The van der Waals surface area contributed by atoms with Crippen molar-refractivity contribution in [2.75, 3.05) is 27.8 Å². The van der Waals surface area contributed by atoms with Crippen LogP contribution in [0.25, 0.3) is 0 Å². The van der Waals surface area contributed by atoms with E-state index in [1.165, 1.54) is 7.05 Å². The van der Waals surface area contributed by atoms with Crippen molar-refractivity contribution in [3.05, 3.63) is 59.7 Å². The summed E-state index contributed by atoms with van der Waals surface area (Å²) in [6, 6.07) is 14.7. The number of hydrogen-bond acceptors (Lipinski definition) is 5. The van der Waals surface area contributed by atoms with Gasteiger partial charge in [-0.2, -0.15) is 0 Å². The summed E-state index contributed by atoms with van der Waals surface area (Å²) in [7, 11) is 4.67. The van der Waals surface area contributed by atoms with Gasteiger partial charge in [0.25, 0.3) is 0 Å². The Bertz CT molecular complexity index is 1030. The van der Waals surface area contributed by atoms with Crippen molar-refractivity contribution < 1.29 is 23.9 Å². The maximum Gasteiger partial charge on any atom is 0.240 e. The van der Waals surface area contributed by atoms with Crippen LogP contribution in [0.4, 0.5) is 0 Å². The van der Waals surface area contributed by atoms with Crippen LogP contribution < -0.4 is 9.47 Å². The van der Waals surface area contributed by atoms with E-state index in [1.54, 1.807) is 38.5 Å². The summed E-state index contributed by atoms with van der Waals surface area (Å²) in [5.74, 6) is 0.645. The number of benzene rings is 2. The quantitative estimate of drug-likeness (QED) is 0.651. The predicted octanol–water partition coefficient (Wildman–Crippen LogP) is 3.08. The molecule has 4 rings (SSSR count). The van der Waals surface area contributed by atoms with Crippen molar-refractivity contribution >= 4 is 17.7 Å². The minimum Gasteiger partial charge on any atom is -0.497 e. The van der Waals surface area contributed by atoms with Gasteiger partial charge < -0.3 is 14.4 Å². The molecule has 0 N–H and O–H groups in total. The Morgan fingerprint density at radius 2 is 1.78 bits per heavy atom. The van der Waals surface area contributed by atoms with Crippen LogP contribution in [0, 0.1) is 0 Å². The zero-order valence-electron chi connectivity index (χ0n) is 18.7. The van der Waals surface area contributed by atoms with Gasteiger partial charge in [0.15, 0.2) is 0 Å². The van der Waals surface area contributed by atoms with Gasteiger partial charge in [-0.05, 0) is 36.6 Å². The average Bonchev–Trinajstić information content (AvgIpc) is 3.39. The lowest BCUT2D eigenvalue weighted by molar-refractivity contribution is -0.141. The summed E-state index contributed by atoms with van der Waals surface area (Å²) in [5, 5.41) is 0. The topological polar surface area (TPSA) is 76.2 Å². The fraction of sp³-hybridized carbons (Fsp3) is 0.400. The standard InChI is InChI=1S/C25H28N2O5/c1-26-22(28)15-25(24(26)30,17-10-12-18(31-2)13-11-17)16-23(29)27-14-6-8-20(27)19-7-4-5-9-21(19)32-3/h4-5,7,9-13,20H,6,8,14-16H2,1-3H3. The van der Waals surface area contributed by atoms with E-state index in [9.17, 15) is 14.4 Å². The molecule has 2 unspecified atom stereocenters. The van der Waals surface area contributed by atoms with E-state index in [4.69, 9.17) is 9.47 Å². The van der Waals surface area contributed by atoms with Crippen LogP contribution >= 0.6 is 0 Å². The highest BCUT2D eigenvalue weighted by Gasteiger charge is 2.53. The molecular weight excluding hydrogens is 408 g/mol. The molecule has 0 aromatic heterocycles. The molecule has 0 saturated carbocycles. The number of carbonyl (C=O) groups is 3. The largest absolute Gasteiger partial charge is 0.497 e. The molecule has 2 fully saturated rings. The fourth-order valence-electron chi connectivity index (χ4n) is 4.95. The van der Waals surface area contributed by atoms with Gasteiger partial charge in [-0.3, -0.25) is 19.3 Å². The summed E-state index contributed by atoms with van der Waals surface area (Å²) in [6.07, 6.45) is 1.62. The average molecular weight is 437 g/mol. The zero-order chi connectivity index (χ0) is 22.9. The normalized spacial score (nSPS) is 23.0. The highest BCUT2D eigenvalue weighted by Crippen LogP contribution is 2.43. The summed E-state index contributed by atoms with van der Waals surface area (Å²) in [4.78, 5) is 42.4. The van der Waals surface area contributed by atoms with Gasteiger partial charge in [0, 0.05) is 32.0 Å². The molecule has 2 saturated heterocycles. The summed E-state index contributed by atoms with van der Waals surface area (Å²) >= 11 is 0. The van der Waals surface area contributed by atoms with Gasteiger partial charge in [-0.25, -0.2) is 0 Å². The molecule has 0 aliphatic carbocycles. The lowest BCUT2D eigenvalue weighted by Gasteiger charge is -2.32. The van der Waals surface area contributed by atoms with E-state index in [0.29, 0.717) is 17.9 Å². The molecule has 0 spiro atoms. The van der Waals surface area contributed by atoms with Gasteiger partial charge >= 0.3 is 0 Å². The Morgan fingerprint density at radius 3 is 2.41 bits per heavy atom. The lowest BCUT2D eigenvalue weighted by Crippen LogP contribution is -2.42. The molecular formula is C25H28N2O5. The van der Waals surface area contributed by atoms with Crippen LogP contribution in [-0.2, 0) is 19.8 Å². The molecule has 2 heterocycles. The van der Waals surface area contributed by atoms with E-state index < -0.39 is 5.41 Å². The maximum atomic E-state index is 13.6. The molecule has 2 aromatic carbocycles. The number of amides is 3. The van der Waals surface area contributed by atoms with Crippen molar-refractivity contribution in [1.82, 2.24) is 9.80 Å². The molecule has 0 bridgehead atoms. The molecule has 2 atom stereocenters. The van der Waals surface area contributed by atoms with Crippen LogP contribution in [0.3, 0.4) is 0 Å². The van der Waals surface area contributed by atoms with Gasteiger partial charge in [0.05, 0.1) is 25.7 Å². The number of methoxy groups -OCH3 is 2. The number of hydrogen-bond donors (Lipinski definition) is 0. The third kappa shape index (κ3) is 3.61. The first kappa shape index (κ1) is 21.9. The maximum absolute atomic E-state index is 13.6. The van der Waals surface area contributed by atoms with Crippen molar-refractivity contribution in [1.29, 1.82) is 0 Å². The van der Waals surface area contributed by atoms with Crippen LogP contribution in [0.2, 0.25) is 0 Å². The van der Waals surface area contributed by atoms with Crippen molar-refractivity contribution in [3.63, 3.8) is 0 Å². The minimum atomic E-state index is -1.21. The van der Waals surface area contributed by atoms with E-state index in [-0.39, 0.29) is 36.6 Å². The number of ether oxygens (including phenoxy) is 2. The molecule has 2 aromatic rings. The molecule has 0 radical (unpaired) electrons. The number of nitrogens with zero attached hydrogens (tertiary/aromatic N) is 2. The molecule has 2 aliphatic rings. The first-order valence-electron chi connectivity index (χ1n) is 10.8.